The van der Waals surface area contributed by atoms with Crippen molar-refractivity contribution in [3.05, 3.63) is 0 Å². The summed E-state index contributed by atoms with van der Waals surface area (Å²) in [6, 6.07) is 0. The number of hydrogen-bond donors (Lipinski definition) is 0. The summed E-state index contributed by atoms with van der Waals surface area (Å²) < 4.78 is 50.8. The highest BCUT2D eigenvalue weighted by Gasteiger charge is 2.44. The van der Waals surface area contributed by atoms with Gasteiger partial charge >= 0.3 is 26.5 Å². The maximum Gasteiger partial charge on any atom is 0.317 e. The predicted octanol–water partition coefficient (Wildman–Crippen LogP) is 3.65. The van der Waals surface area contributed by atoms with E-state index in [-0.39, 0.29) is 6.42 Å². The van der Waals surface area contributed by atoms with Gasteiger partial charge in [-0.25, -0.2) is 0 Å². The number of halogens is 6. The molecule has 22 heavy (non-hydrogen) atoms. The van der Waals surface area contributed by atoms with Crippen LogP contribution in [0.3, 0.4) is 0 Å². The summed E-state index contributed by atoms with van der Waals surface area (Å²) in [5, 5.41) is 0. The second-order valence-corrected chi connectivity index (χ2v) is 13.7. The van der Waals surface area contributed by atoms with Gasteiger partial charge in [-0.2, -0.15) is 16.8 Å². The molecule has 1 fully saturated rings. The Bertz CT molecular complexity index is 540. The van der Waals surface area contributed by atoms with Crippen LogP contribution in [0.5, 0.6) is 0 Å². The largest absolute Gasteiger partial charge is 0.317 e. The molecule has 0 bridgehead atoms. The molecule has 0 amide bonds. The highest BCUT2D eigenvalue weighted by Crippen LogP contribution is 2.39. The molecular weight excluding hydrogens is 469 g/mol. The summed E-state index contributed by atoms with van der Waals surface area (Å²) >= 11 is 31.7. The Kier molecular flexibility index (Phi) is 7.30. The zero-order valence-corrected chi connectivity index (χ0v) is 16.7. The fourth-order valence-electron chi connectivity index (χ4n) is 1.74. The van der Waals surface area contributed by atoms with Crippen molar-refractivity contribution in [3.63, 3.8) is 0 Å². The van der Waals surface area contributed by atoms with Crippen LogP contribution in [0.25, 0.3) is 0 Å². The van der Waals surface area contributed by atoms with Gasteiger partial charge in [0.15, 0.2) is 0 Å². The molecule has 1 aliphatic carbocycles. The Morgan fingerprint density at radius 2 is 1.05 bits per heavy atom. The quantitative estimate of drug-likeness (QED) is 0.453. The van der Waals surface area contributed by atoms with Gasteiger partial charge in [0, 0.05) is 6.42 Å². The third kappa shape index (κ3) is 5.82. The van der Waals surface area contributed by atoms with Crippen LogP contribution in [0.15, 0.2) is 0 Å². The fraction of sp³-hybridized carbons (Fsp3) is 1.00. The van der Waals surface area contributed by atoms with E-state index in [1.807, 2.05) is 0 Å². The van der Waals surface area contributed by atoms with Gasteiger partial charge in [0.05, 0.1) is 12.2 Å². The lowest BCUT2D eigenvalue weighted by Crippen LogP contribution is -2.36. The molecule has 0 aromatic heterocycles. The van der Waals surface area contributed by atoms with E-state index in [9.17, 15) is 16.8 Å². The topological polar surface area (TPSA) is 86.7 Å². The minimum atomic E-state index is -4.48. The van der Waals surface area contributed by atoms with Crippen molar-refractivity contribution in [2.45, 2.75) is 44.1 Å². The molecule has 0 aromatic rings. The van der Waals surface area contributed by atoms with Crippen LogP contribution in [-0.2, 0) is 28.6 Å². The molecule has 1 saturated carbocycles. The van der Waals surface area contributed by atoms with Crippen molar-refractivity contribution >= 4 is 89.8 Å². The third-order valence-electron chi connectivity index (χ3n) is 2.67. The SMILES string of the molecule is O=S(=O)(OC1CCCC(OS(=O)(=O)C(Cl)(Cl)Cl)C1)C(Cl)(Cl)Cl. The summed E-state index contributed by atoms with van der Waals surface area (Å²) in [4.78, 5) is 0. The molecular formula is C8H10Cl6O6S2. The van der Waals surface area contributed by atoms with Gasteiger partial charge in [-0.05, 0) is 19.3 Å². The molecule has 0 saturated heterocycles. The van der Waals surface area contributed by atoms with Crippen LogP contribution in [0.4, 0.5) is 0 Å². The van der Waals surface area contributed by atoms with E-state index in [0.29, 0.717) is 19.3 Å². The third-order valence-corrected chi connectivity index (χ3v) is 8.26. The molecule has 0 aliphatic heterocycles. The Morgan fingerprint density at radius 1 is 0.727 bits per heavy atom. The normalized spacial score (nSPS) is 25.2. The highest BCUT2D eigenvalue weighted by molar-refractivity contribution is 7.93. The first-order chi connectivity index (χ1) is 9.66. The molecule has 0 N–H and O–H groups in total. The first-order valence-electron chi connectivity index (χ1n) is 5.65. The highest BCUT2D eigenvalue weighted by atomic mass is 35.6. The van der Waals surface area contributed by atoms with Crippen LogP contribution in [0.1, 0.15) is 25.7 Å². The molecule has 0 heterocycles. The lowest BCUT2D eigenvalue weighted by atomic mass is 9.95. The minimum absolute atomic E-state index is 0.0834. The van der Waals surface area contributed by atoms with E-state index >= 15 is 0 Å². The van der Waals surface area contributed by atoms with E-state index < -0.39 is 38.7 Å². The number of hydrogen-bond acceptors (Lipinski definition) is 6. The summed E-state index contributed by atoms with van der Waals surface area (Å²) in [6.07, 6.45) is -0.864. The van der Waals surface area contributed by atoms with Gasteiger partial charge in [-0.3, -0.25) is 8.37 Å². The number of rotatable bonds is 4. The average Bonchev–Trinajstić information content (AvgIpc) is 2.24. The van der Waals surface area contributed by atoms with Crippen LogP contribution < -0.4 is 0 Å². The first-order valence-corrected chi connectivity index (χ1v) is 10.7. The van der Waals surface area contributed by atoms with Crippen molar-refractivity contribution in [1.82, 2.24) is 0 Å². The molecule has 2 unspecified atom stereocenters. The minimum Gasteiger partial charge on any atom is -0.263 e. The van der Waals surface area contributed by atoms with Gasteiger partial charge in [0.1, 0.15) is 0 Å². The first kappa shape index (κ1) is 21.6. The monoisotopic (exact) mass is 476 g/mol. The second kappa shape index (κ2) is 7.43. The van der Waals surface area contributed by atoms with Gasteiger partial charge in [-0.1, -0.05) is 69.6 Å². The number of alkyl halides is 6. The Hall–Kier alpha value is 1.56. The summed E-state index contributed by atoms with van der Waals surface area (Å²) in [7, 11) is -8.96. The van der Waals surface area contributed by atoms with Gasteiger partial charge in [0.2, 0.25) is 0 Å². The van der Waals surface area contributed by atoms with Crippen LogP contribution in [0, 0.1) is 0 Å². The summed E-state index contributed by atoms with van der Waals surface area (Å²) in [5.41, 5.74) is 0. The van der Waals surface area contributed by atoms with Crippen molar-refractivity contribution in [1.29, 1.82) is 0 Å². The Morgan fingerprint density at radius 3 is 1.32 bits per heavy atom. The van der Waals surface area contributed by atoms with Gasteiger partial charge in [0.25, 0.3) is 0 Å². The van der Waals surface area contributed by atoms with Crippen molar-refractivity contribution in [2.24, 2.45) is 0 Å². The zero-order chi connectivity index (χ0) is 17.4. The molecule has 2 atom stereocenters. The fourth-order valence-corrected chi connectivity index (χ4v) is 3.68. The summed E-state index contributed by atoms with van der Waals surface area (Å²) in [6.45, 7) is 0. The predicted molar refractivity (Wildman–Crippen MR) is 86.6 cm³/mol. The van der Waals surface area contributed by atoms with E-state index in [1.165, 1.54) is 0 Å². The lowest BCUT2D eigenvalue weighted by Gasteiger charge is -2.29. The van der Waals surface area contributed by atoms with Crippen molar-refractivity contribution < 1.29 is 25.2 Å². The van der Waals surface area contributed by atoms with Crippen LogP contribution in [-0.4, -0.2) is 35.3 Å². The van der Waals surface area contributed by atoms with Gasteiger partial charge < -0.3 is 0 Å². The van der Waals surface area contributed by atoms with Crippen molar-refractivity contribution in [2.75, 3.05) is 0 Å². The Balaban J connectivity index is 2.75. The molecule has 0 radical (unpaired) electrons. The molecule has 6 nitrogen and oxygen atoms in total. The average molecular weight is 479 g/mol. The Labute approximate surface area is 158 Å². The smallest absolute Gasteiger partial charge is 0.263 e. The summed E-state index contributed by atoms with van der Waals surface area (Å²) in [5.74, 6) is 0. The lowest BCUT2D eigenvalue weighted by molar-refractivity contribution is 0.0758. The maximum atomic E-state index is 11.6. The molecule has 0 spiro atoms. The van der Waals surface area contributed by atoms with Gasteiger partial charge in [-0.15, -0.1) is 0 Å². The van der Waals surface area contributed by atoms with Crippen LogP contribution >= 0.6 is 69.6 Å². The van der Waals surface area contributed by atoms with E-state index in [0.717, 1.165) is 0 Å². The van der Waals surface area contributed by atoms with Crippen molar-refractivity contribution in [3.8, 4) is 0 Å². The van der Waals surface area contributed by atoms with E-state index in [1.54, 1.807) is 0 Å². The van der Waals surface area contributed by atoms with E-state index in [4.69, 9.17) is 78.0 Å². The molecule has 0 aromatic carbocycles. The molecule has 14 heteroatoms. The molecule has 132 valence electrons. The molecule has 1 rings (SSSR count). The second-order valence-electron chi connectivity index (χ2n) is 4.40. The maximum absolute atomic E-state index is 11.6. The molecule has 1 aliphatic rings. The standard InChI is InChI=1S/C8H10Cl6O6S2/c9-7(10,11)21(15,16)19-5-2-1-3-6(4-5)20-22(17,18)8(12,13)14/h5-6H,1-4H2. The zero-order valence-electron chi connectivity index (χ0n) is 10.5. The van der Waals surface area contributed by atoms with E-state index in [2.05, 4.69) is 0 Å². The van der Waals surface area contributed by atoms with Crippen LogP contribution in [0.2, 0.25) is 0 Å².